The average Bonchev–Trinajstić information content (AvgIpc) is 3.06. The summed E-state index contributed by atoms with van der Waals surface area (Å²) in [7, 11) is 0. The molecular formula is C27H30N4O4. The molecule has 0 spiro atoms. The highest BCUT2D eigenvalue weighted by molar-refractivity contribution is 5.92. The van der Waals surface area contributed by atoms with Crippen molar-refractivity contribution >= 4 is 28.3 Å². The van der Waals surface area contributed by atoms with Gasteiger partial charge in [-0.25, -0.2) is 0 Å². The van der Waals surface area contributed by atoms with Gasteiger partial charge < -0.3 is 19.7 Å². The highest BCUT2D eigenvalue weighted by atomic mass is 16.6. The smallest absolute Gasteiger partial charge is 0.238 e. The zero-order valence-electron chi connectivity index (χ0n) is 19.9. The maximum atomic E-state index is 12.9. The zero-order chi connectivity index (χ0) is 24.2. The minimum absolute atomic E-state index is 0.0635. The lowest BCUT2D eigenvalue weighted by atomic mass is 9.96. The molecule has 2 amide bonds. The molecule has 0 bridgehead atoms. The Hall–Kier alpha value is -3.65. The summed E-state index contributed by atoms with van der Waals surface area (Å²) < 4.78 is 11.2. The first-order valence-corrected chi connectivity index (χ1v) is 12.0. The predicted molar refractivity (Wildman–Crippen MR) is 134 cm³/mol. The van der Waals surface area contributed by atoms with Crippen LogP contribution in [0.1, 0.15) is 12.5 Å². The molecule has 0 unspecified atom stereocenters. The molecule has 0 radical (unpaired) electrons. The highest BCUT2D eigenvalue weighted by Gasteiger charge is 2.26. The molecule has 1 atom stereocenters. The van der Waals surface area contributed by atoms with E-state index in [0.717, 1.165) is 18.4 Å². The third-order valence-electron chi connectivity index (χ3n) is 6.58. The third kappa shape index (κ3) is 5.54. The van der Waals surface area contributed by atoms with Crippen molar-refractivity contribution in [3.05, 3.63) is 60.4 Å². The van der Waals surface area contributed by atoms with Gasteiger partial charge in [-0.05, 0) is 35.4 Å². The Kier molecular flexibility index (Phi) is 6.81. The van der Waals surface area contributed by atoms with Crippen molar-refractivity contribution in [2.45, 2.75) is 13.3 Å². The molecule has 5 rings (SSSR count). The predicted octanol–water partition coefficient (Wildman–Crippen LogP) is 2.97. The van der Waals surface area contributed by atoms with E-state index in [4.69, 9.17) is 9.47 Å². The number of ether oxygens (including phenoxy) is 2. The summed E-state index contributed by atoms with van der Waals surface area (Å²) in [5.41, 5.74) is 1.84. The fraction of sp³-hybridized carbons (Fsp3) is 0.370. The number of hydrogen-bond donors (Lipinski definition) is 1. The van der Waals surface area contributed by atoms with Crippen LogP contribution in [-0.4, -0.2) is 72.5 Å². The topological polar surface area (TPSA) is 84.0 Å². The molecule has 8 nitrogen and oxygen atoms in total. The number of hydrogen-bond acceptors (Lipinski definition) is 6. The normalized spacial score (nSPS) is 18.2. The number of carbonyl (C=O) groups is 2. The number of nitrogens with one attached hydrogen (secondary N) is 1. The number of amides is 2. The van der Waals surface area contributed by atoms with Crippen LogP contribution in [0.3, 0.4) is 0 Å². The van der Waals surface area contributed by atoms with E-state index >= 15 is 0 Å². The molecule has 2 aliphatic heterocycles. The molecule has 35 heavy (non-hydrogen) atoms. The van der Waals surface area contributed by atoms with Gasteiger partial charge in [0.1, 0.15) is 13.2 Å². The second-order valence-corrected chi connectivity index (χ2v) is 9.20. The van der Waals surface area contributed by atoms with E-state index in [0.29, 0.717) is 50.0 Å². The number of nitrogens with zero attached hydrogens (tertiary/aromatic N) is 3. The average molecular weight is 475 g/mol. The SMILES string of the molecule is CC(=O)N1CCN(CC(=O)Nc2ccc3c(c2)OCCO3)C[C@@H](Cc2cncc3ccccc23)C1. The van der Waals surface area contributed by atoms with Crippen molar-refractivity contribution in [2.24, 2.45) is 5.92 Å². The van der Waals surface area contributed by atoms with Crippen molar-refractivity contribution in [2.75, 3.05) is 51.3 Å². The first-order chi connectivity index (χ1) is 17.0. The number of anilines is 1. The molecule has 182 valence electrons. The van der Waals surface area contributed by atoms with Crippen LogP contribution in [-0.2, 0) is 16.0 Å². The molecule has 2 aliphatic rings. The fourth-order valence-electron chi connectivity index (χ4n) is 4.92. The highest BCUT2D eigenvalue weighted by Crippen LogP contribution is 2.32. The molecule has 3 aromatic rings. The molecule has 3 heterocycles. The van der Waals surface area contributed by atoms with E-state index in [9.17, 15) is 9.59 Å². The lowest BCUT2D eigenvalue weighted by Gasteiger charge is -2.24. The lowest BCUT2D eigenvalue weighted by Crippen LogP contribution is -2.37. The summed E-state index contributed by atoms with van der Waals surface area (Å²) >= 11 is 0. The van der Waals surface area contributed by atoms with Crippen molar-refractivity contribution in [3.8, 4) is 11.5 Å². The van der Waals surface area contributed by atoms with Gasteiger partial charge >= 0.3 is 0 Å². The number of aromatic nitrogens is 1. The first kappa shape index (κ1) is 23.1. The van der Waals surface area contributed by atoms with Crippen LogP contribution in [0.2, 0.25) is 0 Å². The zero-order valence-corrected chi connectivity index (χ0v) is 19.9. The molecule has 1 N–H and O–H groups in total. The van der Waals surface area contributed by atoms with Gasteiger partial charge in [-0.2, -0.15) is 0 Å². The van der Waals surface area contributed by atoms with Gasteiger partial charge in [0, 0.05) is 62.6 Å². The van der Waals surface area contributed by atoms with Gasteiger partial charge in [-0.1, -0.05) is 24.3 Å². The van der Waals surface area contributed by atoms with Crippen LogP contribution in [0, 0.1) is 5.92 Å². The van der Waals surface area contributed by atoms with Gasteiger partial charge in [0.15, 0.2) is 11.5 Å². The van der Waals surface area contributed by atoms with Crippen LogP contribution >= 0.6 is 0 Å². The maximum absolute atomic E-state index is 12.9. The summed E-state index contributed by atoms with van der Waals surface area (Å²) in [5.74, 6) is 1.50. The van der Waals surface area contributed by atoms with E-state index in [1.807, 2.05) is 41.6 Å². The van der Waals surface area contributed by atoms with Gasteiger partial charge in [-0.3, -0.25) is 19.5 Å². The number of carbonyl (C=O) groups excluding carboxylic acids is 2. The Morgan fingerprint density at radius 2 is 1.86 bits per heavy atom. The van der Waals surface area contributed by atoms with E-state index in [-0.39, 0.29) is 24.3 Å². The second kappa shape index (κ2) is 10.3. The molecule has 2 aromatic carbocycles. The van der Waals surface area contributed by atoms with Crippen molar-refractivity contribution < 1.29 is 19.1 Å². The molecule has 0 saturated carbocycles. The largest absolute Gasteiger partial charge is 0.486 e. The first-order valence-electron chi connectivity index (χ1n) is 12.0. The van der Waals surface area contributed by atoms with Gasteiger partial charge in [0.25, 0.3) is 0 Å². The number of fused-ring (bicyclic) bond motifs is 2. The Labute approximate surface area is 204 Å². The van der Waals surface area contributed by atoms with Crippen LogP contribution in [0.15, 0.2) is 54.9 Å². The molecule has 8 heteroatoms. The minimum Gasteiger partial charge on any atom is -0.486 e. The Morgan fingerprint density at radius 3 is 2.71 bits per heavy atom. The lowest BCUT2D eigenvalue weighted by molar-refractivity contribution is -0.129. The van der Waals surface area contributed by atoms with Crippen molar-refractivity contribution in [1.82, 2.24) is 14.8 Å². The Morgan fingerprint density at radius 1 is 1.03 bits per heavy atom. The van der Waals surface area contributed by atoms with E-state index in [1.54, 1.807) is 13.0 Å². The Bertz CT molecular complexity index is 1230. The van der Waals surface area contributed by atoms with E-state index in [1.165, 1.54) is 10.9 Å². The van der Waals surface area contributed by atoms with Crippen LogP contribution < -0.4 is 14.8 Å². The number of pyridine rings is 1. The third-order valence-corrected chi connectivity index (χ3v) is 6.58. The monoisotopic (exact) mass is 474 g/mol. The van der Waals surface area contributed by atoms with Gasteiger partial charge in [0.05, 0.1) is 6.54 Å². The summed E-state index contributed by atoms with van der Waals surface area (Å²) in [6.07, 6.45) is 4.59. The number of benzene rings is 2. The molecule has 1 saturated heterocycles. The maximum Gasteiger partial charge on any atom is 0.238 e. The van der Waals surface area contributed by atoms with Crippen molar-refractivity contribution in [1.29, 1.82) is 0 Å². The van der Waals surface area contributed by atoms with Crippen LogP contribution in [0.25, 0.3) is 10.8 Å². The van der Waals surface area contributed by atoms with Gasteiger partial charge in [0.2, 0.25) is 11.8 Å². The molecular weight excluding hydrogens is 444 g/mol. The fourth-order valence-corrected chi connectivity index (χ4v) is 4.92. The van der Waals surface area contributed by atoms with Crippen LogP contribution in [0.5, 0.6) is 11.5 Å². The summed E-state index contributed by atoms with van der Waals surface area (Å²) in [6.45, 7) is 5.54. The molecule has 1 fully saturated rings. The summed E-state index contributed by atoms with van der Waals surface area (Å²) in [5, 5.41) is 5.27. The minimum atomic E-state index is -0.0940. The molecule has 0 aliphatic carbocycles. The van der Waals surface area contributed by atoms with Gasteiger partial charge in [-0.15, -0.1) is 0 Å². The second-order valence-electron chi connectivity index (χ2n) is 9.20. The van der Waals surface area contributed by atoms with E-state index < -0.39 is 0 Å². The molecule has 1 aromatic heterocycles. The summed E-state index contributed by atoms with van der Waals surface area (Å²) in [4.78, 5) is 33.6. The van der Waals surface area contributed by atoms with E-state index in [2.05, 4.69) is 27.3 Å². The Balaban J connectivity index is 1.28. The van der Waals surface area contributed by atoms with Crippen molar-refractivity contribution in [3.63, 3.8) is 0 Å². The standard InChI is InChI=1S/C27H30N4O4/c1-19(32)31-9-8-30(18-27(33)29-23-6-7-25-26(13-23)35-11-10-34-25)16-20(17-31)12-22-15-28-14-21-4-2-3-5-24(21)22/h2-7,13-15,20H,8-12,16-18H2,1H3,(H,29,33)/t20-/m1/s1. The van der Waals surface area contributed by atoms with Crippen LogP contribution in [0.4, 0.5) is 5.69 Å². The number of rotatable bonds is 5. The quantitative estimate of drug-likeness (QED) is 0.612. The summed E-state index contributed by atoms with van der Waals surface area (Å²) in [6, 6.07) is 13.7.